The van der Waals surface area contributed by atoms with Gasteiger partial charge in [0.2, 0.25) is 11.9 Å². The molecule has 0 radical (unpaired) electrons. The number of pyridine rings is 1. The maximum absolute atomic E-state index is 12.8. The number of benzene rings is 3. The number of aliphatic hydroxyl groups excluding tert-OH is 1. The zero-order valence-corrected chi connectivity index (χ0v) is 24.0. The van der Waals surface area contributed by atoms with Crippen LogP contribution in [0.2, 0.25) is 0 Å². The number of nitrogens with one attached hydrogen (secondary N) is 2. The Morgan fingerprint density at radius 2 is 1.73 bits per heavy atom. The van der Waals surface area contributed by atoms with Crippen LogP contribution in [0.15, 0.2) is 116 Å². The van der Waals surface area contributed by atoms with E-state index >= 15 is 0 Å². The Bertz CT molecular complexity index is 1940. The summed E-state index contributed by atoms with van der Waals surface area (Å²) in [7, 11) is 0. The van der Waals surface area contributed by atoms with E-state index in [-0.39, 0.29) is 5.91 Å². The molecule has 3 aromatic carbocycles. The van der Waals surface area contributed by atoms with Crippen LogP contribution in [-0.4, -0.2) is 43.1 Å². The number of hydrogen-bond acceptors (Lipinski definition) is 7. The predicted octanol–water partition coefficient (Wildman–Crippen LogP) is 6.30. The van der Waals surface area contributed by atoms with Gasteiger partial charge < -0.3 is 20.6 Å². The van der Waals surface area contributed by atoms with E-state index < -0.39 is 6.23 Å². The summed E-state index contributed by atoms with van der Waals surface area (Å²) >= 11 is 0. The van der Waals surface area contributed by atoms with Crippen molar-refractivity contribution in [3.8, 4) is 22.6 Å². The molecule has 1 fully saturated rings. The highest BCUT2D eigenvalue weighted by Gasteiger charge is 2.22. The molecule has 44 heavy (non-hydrogen) atoms. The van der Waals surface area contributed by atoms with Crippen LogP contribution in [0, 0.1) is 0 Å². The molecule has 0 bridgehead atoms. The molecule has 6 aromatic rings. The van der Waals surface area contributed by atoms with Crippen LogP contribution in [0.25, 0.3) is 28.3 Å². The van der Waals surface area contributed by atoms with E-state index in [1.54, 1.807) is 6.20 Å². The van der Waals surface area contributed by atoms with Gasteiger partial charge in [0.25, 0.3) is 0 Å². The maximum Gasteiger partial charge on any atom is 0.228 e. The van der Waals surface area contributed by atoms with Crippen molar-refractivity contribution in [2.75, 3.05) is 22.1 Å². The van der Waals surface area contributed by atoms with Crippen LogP contribution in [-0.2, 0) is 11.2 Å². The van der Waals surface area contributed by atoms with Gasteiger partial charge in [0.05, 0.1) is 23.5 Å². The molecule has 0 spiro atoms. The van der Waals surface area contributed by atoms with Gasteiger partial charge in [0, 0.05) is 41.6 Å². The topological polar surface area (TPSA) is 108 Å². The summed E-state index contributed by atoms with van der Waals surface area (Å²) in [6.45, 7) is 0.825. The Morgan fingerprint density at radius 3 is 2.59 bits per heavy atom. The van der Waals surface area contributed by atoms with Crippen molar-refractivity contribution in [1.82, 2.24) is 19.4 Å². The van der Waals surface area contributed by atoms with Gasteiger partial charge in [-0.1, -0.05) is 54.6 Å². The molecule has 1 amide bonds. The van der Waals surface area contributed by atoms with Crippen LogP contribution in [0.4, 0.5) is 23.0 Å². The lowest BCUT2D eigenvalue weighted by molar-refractivity contribution is -0.115. The van der Waals surface area contributed by atoms with Crippen molar-refractivity contribution in [3.63, 3.8) is 0 Å². The van der Waals surface area contributed by atoms with E-state index in [0.717, 1.165) is 58.9 Å². The largest absolute Gasteiger partial charge is 0.374 e. The molecular weight excluding hydrogens is 550 g/mol. The van der Waals surface area contributed by atoms with E-state index in [9.17, 15) is 9.90 Å². The normalized spacial score (nSPS) is 14.6. The SMILES string of the molecule is O=C(Cc1ccccc1)Nc1cccc(-c2nc3ccccn3c2-c2ccnc(Nc3cccc(N4CCCC4O)c3)n2)c1. The highest BCUT2D eigenvalue weighted by atomic mass is 16.3. The number of nitrogens with zero attached hydrogens (tertiary/aromatic N) is 5. The predicted molar refractivity (Wildman–Crippen MR) is 173 cm³/mol. The third kappa shape index (κ3) is 5.73. The molecular formula is C35H31N7O2. The van der Waals surface area contributed by atoms with Gasteiger partial charge in [-0.3, -0.25) is 9.20 Å². The van der Waals surface area contributed by atoms with E-state index in [2.05, 4.69) is 15.6 Å². The molecule has 4 heterocycles. The minimum atomic E-state index is -0.464. The summed E-state index contributed by atoms with van der Waals surface area (Å²) in [6.07, 6.45) is 5.26. The molecule has 1 atom stereocenters. The van der Waals surface area contributed by atoms with Gasteiger partial charge in [0.1, 0.15) is 11.9 Å². The van der Waals surface area contributed by atoms with E-state index in [1.165, 1.54) is 0 Å². The number of imidazole rings is 1. The first-order valence-electron chi connectivity index (χ1n) is 14.7. The van der Waals surface area contributed by atoms with E-state index in [1.807, 2.05) is 119 Å². The molecule has 3 aromatic heterocycles. The molecule has 1 aliphatic heterocycles. The number of aliphatic hydroxyl groups is 1. The van der Waals surface area contributed by atoms with E-state index in [4.69, 9.17) is 9.97 Å². The molecule has 3 N–H and O–H groups in total. The number of aromatic nitrogens is 4. The van der Waals surface area contributed by atoms with Gasteiger partial charge >= 0.3 is 0 Å². The summed E-state index contributed by atoms with van der Waals surface area (Å²) in [5.41, 5.74) is 7.31. The minimum Gasteiger partial charge on any atom is -0.374 e. The maximum atomic E-state index is 12.8. The third-order valence-electron chi connectivity index (χ3n) is 7.71. The average Bonchev–Trinajstić information content (AvgIpc) is 3.65. The zero-order chi connectivity index (χ0) is 29.9. The Kier molecular flexibility index (Phi) is 7.44. The van der Waals surface area contributed by atoms with Crippen molar-refractivity contribution in [3.05, 3.63) is 121 Å². The van der Waals surface area contributed by atoms with Crippen molar-refractivity contribution in [2.45, 2.75) is 25.5 Å². The van der Waals surface area contributed by atoms with Crippen molar-refractivity contribution in [2.24, 2.45) is 0 Å². The number of amides is 1. The molecule has 0 saturated carbocycles. The quantitative estimate of drug-likeness (QED) is 0.194. The van der Waals surface area contributed by atoms with Crippen LogP contribution in [0.3, 0.4) is 0 Å². The molecule has 218 valence electrons. The van der Waals surface area contributed by atoms with Gasteiger partial charge in [0.15, 0.2) is 0 Å². The minimum absolute atomic E-state index is 0.0848. The number of rotatable bonds is 8. The second-order valence-corrected chi connectivity index (χ2v) is 10.8. The highest BCUT2D eigenvalue weighted by Crippen LogP contribution is 2.34. The van der Waals surface area contributed by atoms with Crippen molar-refractivity contribution < 1.29 is 9.90 Å². The Morgan fingerprint density at radius 1 is 0.886 bits per heavy atom. The van der Waals surface area contributed by atoms with E-state index in [0.29, 0.717) is 23.8 Å². The number of fused-ring (bicyclic) bond motifs is 1. The molecule has 1 unspecified atom stereocenters. The average molecular weight is 582 g/mol. The van der Waals surface area contributed by atoms with Crippen LogP contribution >= 0.6 is 0 Å². The standard InChI is InChI=1S/C35H31N7O2/c43-31(21-24-9-2-1-3-10-24)37-26-12-6-11-25(22-26)33-34(42-19-5-4-15-30(42)40-33)29-17-18-36-35(39-29)38-27-13-7-14-28(23-27)41-20-8-16-32(41)44/h1-7,9-15,17-19,22-23,32,44H,8,16,20-21H2,(H,37,43)(H,36,38,39). The zero-order valence-electron chi connectivity index (χ0n) is 24.0. The Hall–Kier alpha value is -5.54. The highest BCUT2D eigenvalue weighted by molar-refractivity contribution is 5.93. The fourth-order valence-electron chi connectivity index (χ4n) is 5.67. The number of anilines is 4. The molecule has 1 saturated heterocycles. The lowest BCUT2D eigenvalue weighted by Crippen LogP contribution is -2.28. The third-order valence-corrected chi connectivity index (χ3v) is 7.71. The Labute approximate surface area is 254 Å². The number of hydrogen-bond donors (Lipinski definition) is 3. The van der Waals surface area contributed by atoms with Crippen molar-refractivity contribution >= 4 is 34.6 Å². The van der Waals surface area contributed by atoms with Gasteiger partial charge in [-0.2, -0.15) is 0 Å². The van der Waals surface area contributed by atoms with Crippen LogP contribution < -0.4 is 15.5 Å². The van der Waals surface area contributed by atoms with Crippen molar-refractivity contribution in [1.29, 1.82) is 0 Å². The molecule has 9 nitrogen and oxygen atoms in total. The van der Waals surface area contributed by atoms with Gasteiger partial charge in [-0.05, 0) is 66.9 Å². The first kappa shape index (κ1) is 27.3. The molecule has 0 aliphatic carbocycles. The molecule has 7 rings (SSSR count). The number of carbonyl (C=O) groups excluding carboxylic acids is 1. The second kappa shape index (κ2) is 12.0. The molecule has 1 aliphatic rings. The monoisotopic (exact) mass is 581 g/mol. The summed E-state index contributed by atoms with van der Waals surface area (Å²) in [5, 5.41) is 16.7. The summed E-state index contributed by atoms with van der Waals surface area (Å²) in [4.78, 5) is 29.1. The van der Waals surface area contributed by atoms with Gasteiger partial charge in [-0.15, -0.1) is 0 Å². The second-order valence-electron chi connectivity index (χ2n) is 10.8. The smallest absolute Gasteiger partial charge is 0.228 e. The first-order chi connectivity index (χ1) is 21.6. The first-order valence-corrected chi connectivity index (χ1v) is 14.7. The van der Waals surface area contributed by atoms with Gasteiger partial charge in [-0.25, -0.2) is 15.0 Å². The fraction of sp³-hybridized carbons (Fsp3) is 0.143. The van der Waals surface area contributed by atoms with Crippen LogP contribution in [0.1, 0.15) is 18.4 Å². The van der Waals surface area contributed by atoms with Crippen LogP contribution in [0.5, 0.6) is 0 Å². The summed E-state index contributed by atoms with van der Waals surface area (Å²) < 4.78 is 2.01. The Balaban J connectivity index is 1.19. The lowest BCUT2D eigenvalue weighted by Gasteiger charge is -2.23. The summed E-state index contributed by atoms with van der Waals surface area (Å²) in [5.74, 6) is 0.360. The fourth-order valence-corrected chi connectivity index (χ4v) is 5.67. The summed E-state index contributed by atoms with van der Waals surface area (Å²) in [6, 6.07) is 33.1. The molecule has 9 heteroatoms. The number of carbonyl (C=O) groups is 1. The lowest BCUT2D eigenvalue weighted by atomic mass is 10.1.